The Bertz CT molecular complexity index is 993. The van der Waals surface area contributed by atoms with Crippen molar-refractivity contribution in [1.82, 2.24) is 20.2 Å². The molecule has 4 heterocycles. The van der Waals surface area contributed by atoms with Gasteiger partial charge in [-0.1, -0.05) is 6.92 Å². The van der Waals surface area contributed by atoms with E-state index in [1.54, 1.807) is 12.3 Å². The van der Waals surface area contributed by atoms with Crippen LogP contribution >= 0.6 is 0 Å². The number of amides is 2. The van der Waals surface area contributed by atoms with Crippen LogP contribution in [0.3, 0.4) is 0 Å². The van der Waals surface area contributed by atoms with Gasteiger partial charge in [0, 0.05) is 39.8 Å². The van der Waals surface area contributed by atoms with Crippen LogP contribution in [0.5, 0.6) is 5.75 Å². The molecule has 2 aromatic heterocycles. The number of fused-ring (bicyclic) bond motifs is 1. The number of piperazine rings is 1. The Kier molecular flexibility index (Phi) is 5.99. The Morgan fingerprint density at radius 1 is 1.32 bits per heavy atom. The number of halogens is 1. The van der Waals surface area contributed by atoms with Crippen LogP contribution in [-0.2, 0) is 11.3 Å². The van der Waals surface area contributed by atoms with Crippen LogP contribution in [0, 0.1) is 5.95 Å². The quantitative estimate of drug-likeness (QED) is 0.695. The van der Waals surface area contributed by atoms with Gasteiger partial charge >= 0.3 is 0 Å². The second-order valence-corrected chi connectivity index (χ2v) is 7.52. The molecule has 0 bridgehead atoms. The molecule has 2 N–H and O–H groups in total. The minimum Gasteiger partial charge on any atom is -0.477 e. The Morgan fingerprint density at radius 2 is 2.10 bits per heavy atom. The maximum absolute atomic E-state index is 14.4. The Morgan fingerprint density at radius 3 is 2.77 bits per heavy atom. The molecule has 0 aromatic carbocycles. The molecule has 0 spiro atoms. The van der Waals surface area contributed by atoms with Crippen molar-refractivity contribution < 1.29 is 18.7 Å². The lowest BCUT2D eigenvalue weighted by Gasteiger charge is -2.36. The average molecular weight is 428 g/mol. The van der Waals surface area contributed by atoms with Crippen molar-refractivity contribution in [3.05, 3.63) is 41.7 Å². The Labute approximate surface area is 179 Å². The molecule has 1 saturated heterocycles. The molecule has 2 aliphatic rings. The third-order valence-corrected chi connectivity index (χ3v) is 5.50. The number of carbonyl (C=O) groups excluding carboxylic acids is 2. The summed E-state index contributed by atoms with van der Waals surface area (Å²) in [6, 6.07) is 4.96. The molecule has 2 amide bonds. The zero-order valence-electron chi connectivity index (χ0n) is 17.5. The molecule has 0 unspecified atom stereocenters. The monoisotopic (exact) mass is 428 g/mol. The van der Waals surface area contributed by atoms with E-state index in [9.17, 15) is 14.0 Å². The van der Waals surface area contributed by atoms with Gasteiger partial charge in [-0.25, -0.2) is 4.98 Å². The third-order valence-electron chi connectivity index (χ3n) is 5.50. The number of rotatable bonds is 5. The van der Waals surface area contributed by atoms with Crippen molar-refractivity contribution in [2.45, 2.75) is 26.0 Å². The Hall–Kier alpha value is -3.27. The molecule has 164 valence electrons. The standard InChI is InChI=1S/C21H25FN6O3/c1-3-17-21(30)26-15-10-13(24-11-18(15)31-17)12-27-6-8-28(9-7-27)16-5-4-14(20(29)23-2)25-19(16)22/h4-5,10-11,17H,3,6-9,12H2,1-2H3,(H,23,29)(H,26,30)/t17-/m0/s1. The molecule has 9 nitrogen and oxygen atoms in total. The summed E-state index contributed by atoms with van der Waals surface area (Å²) >= 11 is 0. The van der Waals surface area contributed by atoms with E-state index in [1.165, 1.54) is 13.1 Å². The molecule has 31 heavy (non-hydrogen) atoms. The number of hydrogen-bond donors (Lipinski definition) is 2. The lowest BCUT2D eigenvalue weighted by molar-refractivity contribution is -0.123. The van der Waals surface area contributed by atoms with E-state index >= 15 is 0 Å². The minimum absolute atomic E-state index is 0.0576. The summed E-state index contributed by atoms with van der Waals surface area (Å²) in [6.45, 7) is 5.20. The van der Waals surface area contributed by atoms with Gasteiger partial charge in [0.15, 0.2) is 11.9 Å². The number of nitrogens with zero attached hydrogens (tertiary/aromatic N) is 4. The van der Waals surface area contributed by atoms with Crippen LogP contribution in [-0.4, -0.2) is 66.0 Å². The first-order valence-electron chi connectivity index (χ1n) is 10.3. The predicted octanol–water partition coefficient (Wildman–Crippen LogP) is 1.41. The van der Waals surface area contributed by atoms with Gasteiger partial charge in [0.2, 0.25) is 5.95 Å². The molecular weight excluding hydrogens is 403 g/mol. The van der Waals surface area contributed by atoms with Crippen molar-refractivity contribution in [1.29, 1.82) is 0 Å². The van der Waals surface area contributed by atoms with Gasteiger partial charge in [-0.2, -0.15) is 4.39 Å². The number of aromatic nitrogens is 2. The lowest BCUT2D eigenvalue weighted by atomic mass is 10.2. The van der Waals surface area contributed by atoms with Gasteiger partial charge < -0.3 is 20.3 Å². The summed E-state index contributed by atoms with van der Waals surface area (Å²) in [5.74, 6) is -0.617. The fourth-order valence-corrected chi connectivity index (χ4v) is 3.75. The SMILES string of the molecule is CC[C@@H]1Oc2cnc(CN3CCN(c4ccc(C(=O)NC)nc4F)CC3)cc2NC1=O. The smallest absolute Gasteiger partial charge is 0.269 e. The fourth-order valence-electron chi connectivity index (χ4n) is 3.75. The highest BCUT2D eigenvalue weighted by molar-refractivity contribution is 5.97. The van der Waals surface area contributed by atoms with E-state index < -0.39 is 18.0 Å². The van der Waals surface area contributed by atoms with Gasteiger partial charge in [0.1, 0.15) is 5.69 Å². The normalized spacial score (nSPS) is 18.7. The molecule has 1 fully saturated rings. The van der Waals surface area contributed by atoms with Gasteiger partial charge in [-0.05, 0) is 24.6 Å². The molecule has 4 rings (SSSR count). The average Bonchev–Trinajstić information content (AvgIpc) is 2.78. The van der Waals surface area contributed by atoms with Crippen LogP contribution in [0.4, 0.5) is 15.8 Å². The van der Waals surface area contributed by atoms with Crippen molar-refractivity contribution in [3.8, 4) is 5.75 Å². The van der Waals surface area contributed by atoms with E-state index in [4.69, 9.17) is 4.74 Å². The van der Waals surface area contributed by atoms with Crippen LogP contribution < -0.4 is 20.3 Å². The number of anilines is 2. The van der Waals surface area contributed by atoms with Gasteiger partial charge in [0.05, 0.1) is 23.3 Å². The highest BCUT2D eigenvalue weighted by Gasteiger charge is 2.27. The number of nitrogens with one attached hydrogen (secondary N) is 2. The predicted molar refractivity (Wildman–Crippen MR) is 113 cm³/mol. The number of ether oxygens (including phenoxy) is 1. The maximum Gasteiger partial charge on any atom is 0.269 e. The fraction of sp³-hybridized carbons (Fsp3) is 0.429. The number of carbonyl (C=O) groups is 2. The second kappa shape index (κ2) is 8.84. The van der Waals surface area contributed by atoms with Crippen LogP contribution in [0.2, 0.25) is 0 Å². The van der Waals surface area contributed by atoms with Crippen LogP contribution in [0.1, 0.15) is 29.5 Å². The van der Waals surface area contributed by atoms with Crippen molar-refractivity contribution in [2.24, 2.45) is 0 Å². The van der Waals surface area contributed by atoms with Crippen molar-refractivity contribution in [2.75, 3.05) is 43.4 Å². The first kappa shape index (κ1) is 21.0. The van der Waals surface area contributed by atoms with Gasteiger partial charge in [-0.15, -0.1) is 0 Å². The first-order chi connectivity index (χ1) is 15.0. The van der Waals surface area contributed by atoms with E-state index in [1.807, 2.05) is 17.9 Å². The summed E-state index contributed by atoms with van der Waals surface area (Å²) in [7, 11) is 1.48. The largest absolute Gasteiger partial charge is 0.477 e. The van der Waals surface area contributed by atoms with E-state index in [0.717, 1.165) is 18.8 Å². The maximum atomic E-state index is 14.4. The molecule has 2 aromatic rings. The minimum atomic E-state index is -0.646. The van der Waals surface area contributed by atoms with E-state index in [0.29, 0.717) is 43.2 Å². The molecular formula is C21H25FN6O3. The summed E-state index contributed by atoms with van der Waals surface area (Å²) in [5, 5.41) is 5.32. The van der Waals surface area contributed by atoms with Crippen LogP contribution in [0.25, 0.3) is 0 Å². The third kappa shape index (κ3) is 4.43. The summed E-state index contributed by atoms with van der Waals surface area (Å²) in [5.41, 5.74) is 1.92. The first-order valence-corrected chi connectivity index (χ1v) is 10.3. The highest BCUT2D eigenvalue weighted by Crippen LogP contribution is 2.30. The number of pyridine rings is 2. The van der Waals surface area contributed by atoms with Gasteiger partial charge in [-0.3, -0.25) is 19.5 Å². The molecule has 1 atom stereocenters. The topological polar surface area (TPSA) is 99.7 Å². The number of hydrogen-bond acceptors (Lipinski definition) is 7. The molecule has 0 aliphatic carbocycles. The van der Waals surface area contributed by atoms with E-state index in [-0.39, 0.29) is 11.6 Å². The van der Waals surface area contributed by atoms with Gasteiger partial charge in [0.25, 0.3) is 11.8 Å². The molecule has 2 aliphatic heterocycles. The Balaban J connectivity index is 1.36. The molecule has 0 saturated carbocycles. The van der Waals surface area contributed by atoms with E-state index in [2.05, 4.69) is 25.5 Å². The summed E-state index contributed by atoms with van der Waals surface area (Å²) in [4.78, 5) is 36.0. The second-order valence-electron chi connectivity index (χ2n) is 7.52. The zero-order valence-corrected chi connectivity index (χ0v) is 17.5. The molecule has 10 heteroatoms. The molecule has 0 radical (unpaired) electrons. The highest BCUT2D eigenvalue weighted by atomic mass is 19.1. The van der Waals surface area contributed by atoms with Crippen molar-refractivity contribution in [3.63, 3.8) is 0 Å². The summed E-state index contributed by atoms with van der Waals surface area (Å²) in [6.07, 6.45) is 1.77. The van der Waals surface area contributed by atoms with Crippen LogP contribution in [0.15, 0.2) is 24.4 Å². The van der Waals surface area contributed by atoms with Crippen molar-refractivity contribution >= 4 is 23.2 Å². The zero-order chi connectivity index (χ0) is 22.0. The summed E-state index contributed by atoms with van der Waals surface area (Å²) < 4.78 is 20.1. The lowest BCUT2D eigenvalue weighted by Crippen LogP contribution is -2.46.